The van der Waals surface area contributed by atoms with Crippen molar-refractivity contribution < 1.29 is 13.2 Å². The molecule has 0 saturated heterocycles. The van der Waals surface area contributed by atoms with Crippen LogP contribution >= 0.6 is 0 Å². The predicted octanol–water partition coefficient (Wildman–Crippen LogP) is 2.41. The van der Waals surface area contributed by atoms with Crippen molar-refractivity contribution in [1.29, 1.82) is 0 Å². The van der Waals surface area contributed by atoms with E-state index in [1.165, 1.54) is 12.1 Å². The molecule has 1 aromatic rings. The van der Waals surface area contributed by atoms with E-state index in [0.29, 0.717) is 12.1 Å². The average molecular weight is 201 g/mol. The summed E-state index contributed by atoms with van der Waals surface area (Å²) >= 11 is 0. The van der Waals surface area contributed by atoms with Gasteiger partial charge in [0.2, 0.25) is 0 Å². The normalized spacial score (nSPS) is 19.9. The Labute approximate surface area is 79.9 Å². The van der Waals surface area contributed by atoms with Gasteiger partial charge in [-0.05, 0) is 23.8 Å². The van der Waals surface area contributed by atoms with Crippen LogP contribution in [0.5, 0.6) is 0 Å². The minimum atomic E-state index is -2.84. The van der Waals surface area contributed by atoms with Gasteiger partial charge >= 0.3 is 0 Å². The third-order valence-corrected chi connectivity index (χ3v) is 2.39. The lowest BCUT2D eigenvalue weighted by Crippen LogP contribution is -2.17. The number of benzene rings is 1. The van der Waals surface area contributed by atoms with E-state index in [1.807, 2.05) is 0 Å². The Hall–Kier alpha value is -1.03. The van der Waals surface area contributed by atoms with Crippen molar-refractivity contribution in [2.45, 2.75) is 18.9 Å². The molecular formula is C10H10F3N. The molecule has 0 spiro atoms. The quantitative estimate of drug-likeness (QED) is 0.679. The van der Waals surface area contributed by atoms with Crippen molar-refractivity contribution in [2.24, 2.45) is 0 Å². The predicted molar refractivity (Wildman–Crippen MR) is 46.6 cm³/mol. The van der Waals surface area contributed by atoms with E-state index in [0.717, 1.165) is 6.07 Å². The Morgan fingerprint density at radius 1 is 1.29 bits per heavy atom. The van der Waals surface area contributed by atoms with Gasteiger partial charge < -0.3 is 5.32 Å². The first-order valence-electron chi connectivity index (χ1n) is 4.47. The van der Waals surface area contributed by atoms with Crippen LogP contribution in [-0.4, -0.2) is 6.54 Å². The molecule has 1 heterocycles. The van der Waals surface area contributed by atoms with Gasteiger partial charge in [0, 0.05) is 25.1 Å². The Balaban J connectivity index is 2.50. The summed E-state index contributed by atoms with van der Waals surface area (Å²) in [5, 5.41) is 2.84. The van der Waals surface area contributed by atoms with Gasteiger partial charge in [0.15, 0.2) is 0 Å². The molecule has 0 aliphatic carbocycles. The van der Waals surface area contributed by atoms with Gasteiger partial charge in [-0.15, -0.1) is 0 Å². The summed E-state index contributed by atoms with van der Waals surface area (Å²) in [6.07, 6.45) is -0.231. The Morgan fingerprint density at radius 2 is 2.07 bits per heavy atom. The molecule has 0 radical (unpaired) electrons. The third kappa shape index (κ3) is 1.62. The first-order valence-corrected chi connectivity index (χ1v) is 4.47. The molecule has 0 aromatic heterocycles. The number of nitrogens with one attached hydrogen (secondary N) is 1. The number of halogens is 3. The monoisotopic (exact) mass is 201 g/mol. The van der Waals surface area contributed by atoms with E-state index < -0.39 is 11.7 Å². The number of hydrogen-bond acceptors (Lipinski definition) is 1. The zero-order chi connectivity index (χ0) is 10.2. The van der Waals surface area contributed by atoms with Gasteiger partial charge in [-0.2, -0.15) is 0 Å². The Morgan fingerprint density at radius 3 is 2.86 bits per heavy atom. The second-order valence-electron chi connectivity index (χ2n) is 3.43. The maximum atomic E-state index is 13.4. The van der Waals surface area contributed by atoms with Crippen LogP contribution in [0.2, 0.25) is 0 Å². The minimum absolute atomic E-state index is 0.0519. The van der Waals surface area contributed by atoms with E-state index in [2.05, 4.69) is 5.32 Å². The lowest BCUT2D eigenvalue weighted by molar-refractivity contribution is -0.0107. The number of rotatable bonds is 0. The van der Waals surface area contributed by atoms with E-state index in [-0.39, 0.29) is 18.5 Å². The zero-order valence-corrected chi connectivity index (χ0v) is 7.49. The van der Waals surface area contributed by atoms with Crippen LogP contribution in [-0.2, 0) is 12.5 Å². The molecule has 76 valence electrons. The van der Waals surface area contributed by atoms with E-state index >= 15 is 0 Å². The smallest absolute Gasteiger partial charge is 0.274 e. The molecule has 0 saturated carbocycles. The molecule has 1 aliphatic heterocycles. The molecule has 4 heteroatoms. The summed E-state index contributed by atoms with van der Waals surface area (Å²) in [4.78, 5) is 0. The number of alkyl halides is 2. The maximum Gasteiger partial charge on any atom is 0.274 e. The molecule has 14 heavy (non-hydrogen) atoms. The van der Waals surface area contributed by atoms with E-state index in [9.17, 15) is 13.2 Å². The molecule has 1 N–H and O–H groups in total. The maximum absolute atomic E-state index is 13.4. The van der Waals surface area contributed by atoms with Crippen molar-refractivity contribution in [1.82, 2.24) is 5.32 Å². The van der Waals surface area contributed by atoms with Crippen LogP contribution in [0.3, 0.4) is 0 Å². The molecule has 0 unspecified atom stereocenters. The van der Waals surface area contributed by atoms with Gasteiger partial charge in [-0.25, -0.2) is 13.2 Å². The van der Waals surface area contributed by atoms with Gasteiger partial charge in [0.25, 0.3) is 5.92 Å². The van der Waals surface area contributed by atoms with Crippen molar-refractivity contribution in [2.75, 3.05) is 6.54 Å². The summed E-state index contributed by atoms with van der Waals surface area (Å²) in [6, 6.07) is 3.43. The fourth-order valence-electron chi connectivity index (χ4n) is 1.67. The van der Waals surface area contributed by atoms with Crippen molar-refractivity contribution >= 4 is 0 Å². The highest BCUT2D eigenvalue weighted by Crippen LogP contribution is 2.35. The summed E-state index contributed by atoms with van der Waals surface area (Å²) in [6.45, 7) is 0.561. The molecule has 0 atom stereocenters. The van der Waals surface area contributed by atoms with Crippen LogP contribution < -0.4 is 5.32 Å². The fraction of sp³-hybridized carbons (Fsp3) is 0.400. The molecule has 1 aromatic carbocycles. The molecule has 1 nitrogen and oxygen atoms in total. The topological polar surface area (TPSA) is 12.0 Å². The molecule has 0 bridgehead atoms. The van der Waals surface area contributed by atoms with Gasteiger partial charge in [-0.3, -0.25) is 0 Å². The van der Waals surface area contributed by atoms with E-state index in [4.69, 9.17) is 0 Å². The molecule has 0 fully saturated rings. The van der Waals surface area contributed by atoms with Crippen LogP contribution in [0.25, 0.3) is 0 Å². The summed E-state index contributed by atoms with van der Waals surface area (Å²) in [5.41, 5.74) is 0.302. The second-order valence-corrected chi connectivity index (χ2v) is 3.43. The highest BCUT2D eigenvalue weighted by molar-refractivity contribution is 5.32. The van der Waals surface area contributed by atoms with Gasteiger partial charge in [0.1, 0.15) is 5.82 Å². The first-order chi connectivity index (χ1) is 6.59. The highest BCUT2D eigenvalue weighted by atomic mass is 19.3. The SMILES string of the molecule is Fc1ccc2c(c1)CNCCC2(F)F. The van der Waals surface area contributed by atoms with Gasteiger partial charge in [-0.1, -0.05) is 0 Å². The van der Waals surface area contributed by atoms with Crippen LogP contribution in [0.1, 0.15) is 17.5 Å². The van der Waals surface area contributed by atoms with Crippen LogP contribution in [0, 0.1) is 5.82 Å². The highest BCUT2D eigenvalue weighted by Gasteiger charge is 2.34. The average Bonchev–Trinajstić information content (AvgIpc) is 2.25. The molecule has 1 aliphatic rings. The number of hydrogen-bond donors (Lipinski definition) is 1. The van der Waals surface area contributed by atoms with Gasteiger partial charge in [0.05, 0.1) is 0 Å². The second kappa shape index (κ2) is 3.28. The lowest BCUT2D eigenvalue weighted by atomic mass is 10.0. The van der Waals surface area contributed by atoms with Crippen molar-refractivity contribution in [3.63, 3.8) is 0 Å². The summed E-state index contributed by atoms with van der Waals surface area (Å²) in [5.74, 6) is -3.31. The number of fused-ring (bicyclic) bond motifs is 1. The Kier molecular flexibility index (Phi) is 2.23. The fourth-order valence-corrected chi connectivity index (χ4v) is 1.67. The minimum Gasteiger partial charge on any atom is -0.312 e. The summed E-state index contributed by atoms with van der Waals surface area (Å²) < 4.78 is 39.7. The molecule has 0 amide bonds. The lowest BCUT2D eigenvalue weighted by Gasteiger charge is -2.15. The van der Waals surface area contributed by atoms with E-state index in [1.54, 1.807) is 0 Å². The molecular weight excluding hydrogens is 191 g/mol. The molecule has 2 rings (SSSR count). The third-order valence-electron chi connectivity index (χ3n) is 2.39. The van der Waals surface area contributed by atoms with Crippen LogP contribution in [0.15, 0.2) is 18.2 Å². The first kappa shape index (κ1) is 9.52. The zero-order valence-electron chi connectivity index (χ0n) is 7.49. The van der Waals surface area contributed by atoms with Crippen molar-refractivity contribution in [3.8, 4) is 0 Å². The Bertz CT molecular complexity index is 349. The standard InChI is InChI=1S/C10H10F3N/c11-8-1-2-9-7(5-8)6-14-4-3-10(9,12)13/h1-2,5,14H,3-4,6H2. The van der Waals surface area contributed by atoms with Crippen molar-refractivity contribution in [3.05, 3.63) is 35.1 Å². The largest absolute Gasteiger partial charge is 0.312 e. The summed E-state index contributed by atoms with van der Waals surface area (Å²) in [7, 11) is 0. The van der Waals surface area contributed by atoms with Crippen LogP contribution in [0.4, 0.5) is 13.2 Å².